The fourth-order valence-electron chi connectivity index (χ4n) is 1.87. The molecule has 0 saturated heterocycles. The lowest BCUT2D eigenvalue weighted by Gasteiger charge is -2.06. The number of guanidine groups is 1. The first-order chi connectivity index (χ1) is 12.7. The Balaban J connectivity index is 2.05. The molecule has 27 heavy (non-hydrogen) atoms. The number of ether oxygens (including phenoxy) is 1. The zero-order valence-corrected chi connectivity index (χ0v) is 16.8. The van der Waals surface area contributed by atoms with Gasteiger partial charge in [-0.2, -0.15) is 13.5 Å². The monoisotopic (exact) mass is 456 g/mol. The largest absolute Gasteiger partial charge is 0.504 e. The smallest absolute Gasteiger partial charge is 0.358 e. The quantitative estimate of drug-likeness (QED) is 0.343. The summed E-state index contributed by atoms with van der Waals surface area (Å²) in [6.07, 6.45) is 1.25. The number of halogens is 1. The molecule has 0 unspecified atom stereocenters. The Morgan fingerprint density at radius 2 is 1.96 bits per heavy atom. The molecule has 0 saturated carbocycles. The second-order valence-corrected chi connectivity index (χ2v) is 7.68. The Morgan fingerprint density at radius 3 is 2.59 bits per heavy atom. The molecule has 0 bridgehead atoms. The van der Waals surface area contributed by atoms with E-state index in [-0.39, 0.29) is 16.4 Å². The molecule has 0 heterocycles. The van der Waals surface area contributed by atoms with E-state index in [9.17, 15) is 13.5 Å². The summed E-state index contributed by atoms with van der Waals surface area (Å²) in [6.45, 7) is 1.83. The summed E-state index contributed by atoms with van der Waals surface area (Å²) in [5.74, 6) is -0.275. The molecule has 0 amide bonds. The van der Waals surface area contributed by atoms with E-state index in [1.807, 2.05) is 6.92 Å². The third-order valence-corrected chi connectivity index (χ3v) is 4.79. The first kappa shape index (κ1) is 20.5. The molecule has 11 heteroatoms. The number of oxime groups is 1. The highest BCUT2D eigenvalue weighted by molar-refractivity contribution is 9.10. The number of aromatic hydroxyl groups is 1. The molecule has 4 N–H and O–H groups in total. The van der Waals surface area contributed by atoms with Gasteiger partial charge in [-0.25, -0.2) is 5.43 Å². The van der Waals surface area contributed by atoms with E-state index in [4.69, 9.17) is 10.5 Å². The molecule has 0 radical (unpaired) electrons. The van der Waals surface area contributed by atoms with E-state index in [0.717, 1.165) is 5.56 Å². The first-order valence-corrected chi connectivity index (χ1v) is 9.62. The summed E-state index contributed by atoms with van der Waals surface area (Å²) in [6, 6.07) is 9.22. The van der Waals surface area contributed by atoms with Crippen LogP contribution in [-0.4, -0.2) is 32.8 Å². The standard InChI is InChI=1S/C16H17BrN4O5S/c1-10-3-5-13(6-4-10)27(23,24)26-21-16(18)20-19-9-11-7-12(17)8-14(25-2)15(11)22/h3-9,22H,1-2H3,(H3,18,20,21). The first-order valence-electron chi connectivity index (χ1n) is 7.42. The molecule has 0 aliphatic rings. The number of hydrazone groups is 1. The average molecular weight is 457 g/mol. The normalized spacial score (nSPS) is 12.2. The van der Waals surface area contributed by atoms with E-state index in [2.05, 4.69) is 35.9 Å². The van der Waals surface area contributed by atoms with Crippen molar-refractivity contribution in [2.75, 3.05) is 7.11 Å². The van der Waals surface area contributed by atoms with E-state index in [1.165, 1.54) is 25.5 Å². The van der Waals surface area contributed by atoms with Crippen LogP contribution in [0, 0.1) is 6.92 Å². The van der Waals surface area contributed by atoms with Crippen LogP contribution in [0.5, 0.6) is 11.5 Å². The summed E-state index contributed by atoms with van der Waals surface area (Å²) in [5, 5.41) is 17.1. The molecule has 0 aromatic heterocycles. The number of nitrogens with one attached hydrogen (secondary N) is 1. The predicted molar refractivity (Wildman–Crippen MR) is 104 cm³/mol. The Bertz CT molecular complexity index is 975. The van der Waals surface area contributed by atoms with Gasteiger partial charge in [0.2, 0.25) is 0 Å². The molecule has 2 aromatic rings. The van der Waals surface area contributed by atoms with Gasteiger partial charge in [-0.3, -0.25) is 4.28 Å². The van der Waals surface area contributed by atoms with Crippen molar-refractivity contribution >= 4 is 38.2 Å². The van der Waals surface area contributed by atoms with Crippen LogP contribution in [0.15, 0.2) is 56.0 Å². The third kappa shape index (κ3) is 5.59. The van der Waals surface area contributed by atoms with Gasteiger partial charge in [0.05, 0.1) is 13.3 Å². The minimum atomic E-state index is -4.09. The minimum absolute atomic E-state index is 0.0562. The lowest BCUT2D eigenvalue weighted by Crippen LogP contribution is -2.28. The Morgan fingerprint density at radius 1 is 1.30 bits per heavy atom. The highest BCUT2D eigenvalue weighted by Crippen LogP contribution is 2.32. The van der Waals surface area contributed by atoms with Gasteiger partial charge in [-0.15, -0.1) is 0 Å². The van der Waals surface area contributed by atoms with Crippen LogP contribution in [0.4, 0.5) is 0 Å². The molecular formula is C16H17BrN4O5S. The number of hydrogen-bond donors (Lipinski definition) is 3. The SMILES string of the molecule is COc1cc(Br)cc(C=NNC(N)=NOS(=O)(=O)c2ccc(C)cc2)c1O. The van der Waals surface area contributed by atoms with Gasteiger partial charge in [-0.1, -0.05) is 33.6 Å². The summed E-state index contributed by atoms with van der Waals surface area (Å²) in [4.78, 5) is -0.0562. The molecule has 9 nitrogen and oxygen atoms in total. The number of benzene rings is 2. The summed E-state index contributed by atoms with van der Waals surface area (Å²) < 4.78 is 34.2. The van der Waals surface area contributed by atoms with Crippen LogP contribution < -0.4 is 15.9 Å². The topological polar surface area (TPSA) is 136 Å². The highest BCUT2D eigenvalue weighted by atomic mass is 79.9. The molecular weight excluding hydrogens is 440 g/mol. The number of nitrogens with two attached hydrogens (primary N) is 1. The van der Waals surface area contributed by atoms with Crippen molar-refractivity contribution in [2.24, 2.45) is 16.0 Å². The van der Waals surface area contributed by atoms with Crippen LogP contribution in [0.25, 0.3) is 0 Å². The molecule has 0 atom stereocenters. The number of nitrogens with zero attached hydrogens (tertiary/aromatic N) is 2. The van der Waals surface area contributed by atoms with Crippen molar-refractivity contribution in [3.63, 3.8) is 0 Å². The number of rotatable bonds is 6. The Hall–Kier alpha value is -2.79. The predicted octanol–water partition coefficient (Wildman–Crippen LogP) is 2.03. The van der Waals surface area contributed by atoms with Crippen molar-refractivity contribution in [1.29, 1.82) is 0 Å². The maximum Gasteiger partial charge on any atom is 0.358 e. The summed E-state index contributed by atoms with van der Waals surface area (Å²) in [7, 11) is -2.68. The van der Waals surface area contributed by atoms with E-state index in [0.29, 0.717) is 10.0 Å². The van der Waals surface area contributed by atoms with Gasteiger partial charge in [0, 0.05) is 10.0 Å². The van der Waals surface area contributed by atoms with Gasteiger partial charge in [-0.05, 0) is 36.3 Å². The minimum Gasteiger partial charge on any atom is -0.504 e. The van der Waals surface area contributed by atoms with Crippen molar-refractivity contribution in [2.45, 2.75) is 11.8 Å². The summed E-state index contributed by atoms with van der Waals surface area (Å²) >= 11 is 3.27. The van der Waals surface area contributed by atoms with Crippen LogP contribution in [0.3, 0.4) is 0 Å². The van der Waals surface area contributed by atoms with Crippen molar-refractivity contribution < 1.29 is 22.5 Å². The number of methoxy groups -OCH3 is 1. The molecule has 0 aliphatic carbocycles. The number of aryl methyl sites for hydroxylation is 1. The zero-order valence-electron chi connectivity index (χ0n) is 14.4. The second kappa shape index (κ2) is 8.73. The molecule has 0 spiro atoms. The number of phenolic OH excluding ortho intramolecular Hbond substituents is 1. The zero-order chi connectivity index (χ0) is 20.0. The average Bonchev–Trinajstić information content (AvgIpc) is 2.63. The fourth-order valence-corrected chi connectivity index (χ4v) is 3.06. The number of phenols is 1. The highest BCUT2D eigenvalue weighted by Gasteiger charge is 2.15. The molecule has 0 fully saturated rings. The molecule has 0 aliphatic heterocycles. The van der Waals surface area contributed by atoms with E-state index >= 15 is 0 Å². The number of hydrogen-bond acceptors (Lipinski definition) is 7. The molecule has 144 valence electrons. The summed E-state index contributed by atoms with van der Waals surface area (Å²) in [5.41, 5.74) is 9.03. The van der Waals surface area contributed by atoms with Gasteiger partial charge in [0.1, 0.15) is 4.90 Å². The Labute approximate surface area is 164 Å². The maximum atomic E-state index is 12.0. The van der Waals surface area contributed by atoms with E-state index < -0.39 is 16.1 Å². The van der Waals surface area contributed by atoms with Crippen LogP contribution in [0.1, 0.15) is 11.1 Å². The maximum absolute atomic E-state index is 12.0. The lowest BCUT2D eigenvalue weighted by molar-refractivity contribution is 0.336. The van der Waals surface area contributed by atoms with Crippen molar-refractivity contribution in [1.82, 2.24) is 5.43 Å². The molecule has 2 rings (SSSR count). The van der Waals surface area contributed by atoms with Crippen molar-refractivity contribution in [3.05, 3.63) is 52.0 Å². The van der Waals surface area contributed by atoms with Crippen molar-refractivity contribution in [3.8, 4) is 11.5 Å². The van der Waals surface area contributed by atoms with Crippen LogP contribution in [0.2, 0.25) is 0 Å². The lowest BCUT2D eigenvalue weighted by atomic mass is 10.2. The fraction of sp³-hybridized carbons (Fsp3) is 0.125. The van der Waals surface area contributed by atoms with Gasteiger partial charge in [0.25, 0.3) is 5.96 Å². The second-order valence-electron chi connectivity index (χ2n) is 5.23. The molecule has 2 aromatic carbocycles. The van der Waals surface area contributed by atoms with E-state index in [1.54, 1.807) is 24.3 Å². The van der Waals surface area contributed by atoms with Crippen LogP contribution in [-0.2, 0) is 14.4 Å². The van der Waals surface area contributed by atoms with Crippen LogP contribution >= 0.6 is 15.9 Å². The van der Waals surface area contributed by atoms with Gasteiger partial charge >= 0.3 is 10.1 Å². The Kier molecular flexibility index (Phi) is 6.64. The van der Waals surface area contributed by atoms with Gasteiger partial charge in [0.15, 0.2) is 11.5 Å². The van der Waals surface area contributed by atoms with Gasteiger partial charge < -0.3 is 15.6 Å². The third-order valence-electron chi connectivity index (χ3n) is 3.22.